The number of anilines is 1. The smallest absolute Gasteiger partial charge is 0.417 e. The maximum absolute atomic E-state index is 12.7. The molecule has 7 heteroatoms. The highest BCUT2D eigenvalue weighted by Crippen LogP contribution is 2.33. The molecule has 0 spiro atoms. The normalized spacial score (nSPS) is 12.3. The van der Waals surface area contributed by atoms with Crippen molar-refractivity contribution < 1.29 is 27.8 Å². The second kappa shape index (κ2) is 5.70. The highest BCUT2D eigenvalue weighted by atomic mass is 19.4. The molecule has 0 fully saturated rings. The highest BCUT2D eigenvalue weighted by molar-refractivity contribution is 5.91. The zero-order valence-corrected chi connectivity index (χ0v) is 11.3. The Morgan fingerprint density at radius 2 is 1.95 bits per heavy atom. The third-order valence-electron chi connectivity index (χ3n) is 2.83. The molecule has 0 saturated carbocycles. The van der Waals surface area contributed by atoms with Crippen molar-refractivity contribution in [3.63, 3.8) is 0 Å². The van der Waals surface area contributed by atoms with Crippen LogP contribution in [0.3, 0.4) is 0 Å². The highest BCUT2D eigenvalue weighted by Gasteiger charge is 2.35. The van der Waals surface area contributed by atoms with Crippen LogP contribution in [0.2, 0.25) is 0 Å². The van der Waals surface area contributed by atoms with Crippen molar-refractivity contribution in [1.29, 1.82) is 0 Å². The third kappa shape index (κ3) is 4.12. The van der Waals surface area contributed by atoms with Gasteiger partial charge in [-0.2, -0.15) is 13.2 Å². The summed E-state index contributed by atoms with van der Waals surface area (Å²) in [5.74, 6) is -1.62. The molecule has 0 atom stereocenters. The quantitative estimate of drug-likeness (QED) is 0.874. The van der Waals surface area contributed by atoms with Crippen molar-refractivity contribution in [2.45, 2.75) is 25.6 Å². The molecule has 1 aromatic carbocycles. The van der Waals surface area contributed by atoms with Crippen molar-refractivity contribution in [2.24, 2.45) is 0 Å². The summed E-state index contributed by atoms with van der Waals surface area (Å²) in [4.78, 5) is 10.9. The summed E-state index contributed by atoms with van der Waals surface area (Å²) in [6, 6.07) is 2.92. The summed E-state index contributed by atoms with van der Waals surface area (Å²) in [6.07, 6.45) is -4.70. The van der Waals surface area contributed by atoms with Crippen molar-refractivity contribution in [3.8, 4) is 0 Å². The van der Waals surface area contributed by atoms with Crippen molar-refractivity contribution in [1.82, 2.24) is 0 Å². The first kappa shape index (κ1) is 16.3. The van der Waals surface area contributed by atoms with Crippen LogP contribution < -0.4 is 5.32 Å². The van der Waals surface area contributed by atoms with E-state index >= 15 is 0 Å². The van der Waals surface area contributed by atoms with Gasteiger partial charge in [-0.25, -0.2) is 4.79 Å². The molecule has 112 valence electrons. The number of nitrogens with one attached hydrogen (secondary N) is 1. The predicted octanol–water partition coefficient (Wildman–Crippen LogP) is 3.24. The van der Waals surface area contributed by atoms with Crippen molar-refractivity contribution in [3.05, 3.63) is 29.3 Å². The summed E-state index contributed by atoms with van der Waals surface area (Å²) in [6.45, 7) is 3.91. The van der Waals surface area contributed by atoms with Crippen LogP contribution in [-0.4, -0.2) is 30.3 Å². The molecule has 4 nitrogen and oxygen atoms in total. The molecular weight excluding hydrogens is 275 g/mol. The van der Waals surface area contributed by atoms with E-state index in [-0.39, 0.29) is 0 Å². The van der Waals surface area contributed by atoms with Crippen molar-refractivity contribution in [2.75, 3.05) is 19.0 Å². The maximum Gasteiger partial charge on any atom is 0.417 e. The minimum atomic E-state index is -4.70. The molecular formula is C13H16F3NO3. The second-order valence-electron chi connectivity index (χ2n) is 4.88. The average molecular weight is 291 g/mol. The van der Waals surface area contributed by atoms with Gasteiger partial charge in [0.2, 0.25) is 0 Å². The van der Waals surface area contributed by atoms with Gasteiger partial charge in [-0.1, -0.05) is 0 Å². The summed E-state index contributed by atoms with van der Waals surface area (Å²) >= 11 is 0. The Balaban J connectivity index is 3.03. The SMILES string of the molecule is COC(C)(C)CNc1ccc(C(F)(F)F)c(C(=O)O)c1. The van der Waals surface area contributed by atoms with E-state index in [0.29, 0.717) is 12.2 Å². The van der Waals surface area contributed by atoms with Gasteiger partial charge in [0.25, 0.3) is 0 Å². The number of hydrogen-bond acceptors (Lipinski definition) is 3. The summed E-state index contributed by atoms with van der Waals surface area (Å²) in [5.41, 5.74) is -2.17. The molecule has 0 heterocycles. The van der Waals surface area contributed by atoms with Gasteiger partial charge < -0.3 is 15.2 Å². The van der Waals surface area contributed by atoms with Crippen LogP contribution in [0.25, 0.3) is 0 Å². The van der Waals surface area contributed by atoms with Gasteiger partial charge >= 0.3 is 12.1 Å². The van der Waals surface area contributed by atoms with Crippen LogP contribution in [0.5, 0.6) is 0 Å². The van der Waals surface area contributed by atoms with Gasteiger partial charge in [-0.15, -0.1) is 0 Å². The van der Waals surface area contributed by atoms with E-state index in [1.54, 1.807) is 13.8 Å². The zero-order valence-electron chi connectivity index (χ0n) is 11.3. The molecule has 0 aliphatic heterocycles. The Kier molecular flexibility index (Phi) is 4.65. The Hall–Kier alpha value is -1.76. The number of benzene rings is 1. The number of aromatic carboxylic acids is 1. The lowest BCUT2D eigenvalue weighted by atomic mass is 10.1. The fourth-order valence-electron chi connectivity index (χ4n) is 1.47. The second-order valence-corrected chi connectivity index (χ2v) is 4.88. The summed E-state index contributed by atoms with van der Waals surface area (Å²) in [7, 11) is 1.51. The number of ether oxygens (including phenoxy) is 1. The molecule has 1 aromatic rings. The van der Waals surface area contributed by atoms with Gasteiger partial charge in [0.1, 0.15) is 0 Å². The Morgan fingerprint density at radius 3 is 2.40 bits per heavy atom. The van der Waals surface area contributed by atoms with E-state index in [1.807, 2.05) is 0 Å². The number of carbonyl (C=O) groups is 1. The maximum atomic E-state index is 12.7. The molecule has 0 radical (unpaired) electrons. The summed E-state index contributed by atoms with van der Waals surface area (Å²) < 4.78 is 43.2. The molecule has 1 rings (SSSR count). The number of methoxy groups -OCH3 is 1. The first-order valence-electron chi connectivity index (χ1n) is 5.80. The lowest BCUT2D eigenvalue weighted by molar-refractivity contribution is -0.138. The monoisotopic (exact) mass is 291 g/mol. The van der Waals surface area contributed by atoms with E-state index in [2.05, 4.69) is 5.32 Å². The van der Waals surface area contributed by atoms with Crippen LogP contribution >= 0.6 is 0 Å². The number of carboxylic acids is 1. The summed E-state index contributed by atoms with van der Waals surface area (Å²) in [5, 5.41) is 11.7. The van der Waals surface area contributed by atoms with Gasteiger partial charge in [-0.05, 0) is 32.0 Å². The molecule has 0 amide bonds. The Morgan fingerprint density at radius 1 is 1.35 bits per heavy atom. The van der Waals surface area contributed by atoms with Crippen LogP contribution in [0.15, 0.2) is 18.2 Å². The van der Waals surface area contributed by atoms with Crippen LogP contribution in [0, 0.1) is 0 Å². The van der Waals surface area contributed by atoms with Crippen LogP contribution in [0.1, 0.15) is 29.8 Å². The number of halogens is 3. The molecule has 20 heavy (non-hydrogen) atoms. The number of carboxylic acid groups (broad SMARTS) is 1. The lowest BCUT2D eigenvalue weighted by Gasteiger charge is -2.24. The molecule has 0 aliphatic carbocycles. The van der Waals surface area contributed by atoms with Gasteiger partial charge in [0.05, 0.1) is 16.7 Å². The molecule has 0 aromatic heterocycles. The topological polar surface area (TPSA) is 58.6 Å². The molecule has 0 bridgehead atoms. The largest absolute Gasteiger partial charge is 0.478 e. The van der Waals surface area contributed by atoms with Gasteiger partial charge in [-0.3, -0.25) is 0 Å². The molecule has 0 unspecified atom stereocenters. The van der Waals surface area contributed by atoms with Crippen molar-refractivity contribution >= 4 is 11.7 Å². The molecule has 0 saturated heterocycles. The lowest BCUT2D eigenvalue weighted by Crippen LogP contribution is -2.32. The Labute approximate surface area is 114 Å². The number of hydrogen-bond donors (Lipinski definition) is 2. The fourth-order valence-corrected chi connectivity index (χ4v) is 1.47. The molecule has 2 N–H and O–H groups in total. The fraction of sp³-hybridized carbons (Fsp3) is 0.462. The van der Waals surface area contributed by atoms with E-state index in [0.717, 1.165) is 12.1 Å². The van der Waals surface area contributed by atoms with E-state index < -0.39 is 28.9 Å². The van der Waals surface area contributed by atoms with Crippen LogP contribution in [0.4, 0.5) is 18.9 Å². The average Bonchev–Trinajstić information content (AvgIpc) is 2.35. The van der Waals surface area contributed by atoms with Gasteiger partial charge in [0.15, 0.2) is 0 Å². The predicted molar refractivity (Wildman–Crippen MR) is 68.0 cm³/mol. The Bertz CT molecular complexity index is 498. The minimum absolute atomic E-state index is 0.292. The first-order chi connectivity index (χ1) is 9.07. The minimum Gasteiger partial charge on any atom is -0.478 e. The molecule has 0 aliphatic rings. The standard InChI is InChI=1S/C13H16F3NO3/c1-12(2,20-3)7-17-8-4-5-10(13(14,15)16)9(6-8)11(18)19/h4-6,17H,7H2,1-3H3,(H,18,19). The van der Waals surface area contributed by atoms with E-state index in [4.69, 9.17) is 9.84 Å². The number of rotatable bonds is 5. The van der Waals surface area contributed by atoms with E-state index in [9.17, 15) is 18.0 Å². The zero-order chi connectivity index (χ0) is 15.6. The first-order valence-corrected chi connectivity index (χ1v) is 5.80. The number of alkyl halides is 3. The van der Waals surface area contributed by atoms with Gasteiger partial charge in [0, 0.05) is 19.3 Å². The third-order valence-corrected chi connectivity index (χ3v) is 2.83. The van der Waals surface area contributed by atoms with Crippen LogP contribution in [-0.2, 0) is 10.9 Å². The van der Waals surface area contributed by atoms with E-state index in [1.165, 1.54) is 13.2 Å².